The highest BCUT2D eigenvalue weighted by Crippen LogP contribution is 2.20. The van der Waals surface area contributed by atoms with Gasteiger partial charge >= 0.3 is 0 Å². The van der Waals surface area contributed by atoms with Gasteiger partial charge in [-0.25, -0.2) is 8.42 Å². The van der Waals surface area contributed by atoms with Crippen LogP contribution in [-0.2, 0) is 15.6 Å². The SMILES string of the molecule is COc1ccc(S(=O)(=O)Cc2cccc(N)c2)cc1. The summed E-state index contributed by atoms with van der Waals surface area (Å²) in [6.07, 6.45) is 0. The van der Waals surface area contributed by atoms with Gasteiger partial charge in [-0.05, 0) is 42.0 Å². The molecule has 0 aromatic heterocycles. The molecule has 0 heterocycles. The second kappa shape index (κ2) is 5.32. The van der Waals surface area contributed by atoms with Crippen LogP contribution in [-0.4, -0.2) is 15.5 Å². The summed E-state index contributed by atoms with van der Waals surface area (Å²) in [4.78, 5) is 0.274. The lowest BCUT2D eigenvalue weighted by molar-refractivity contribution is 0.414. The lowest BCUT2D eigenvalue weighted by Gasteiger charge is -2.06. The molecule has 100 valence electrons. The number of benzene rings is 2. The van der Waals surface area contributed by atoms with Crippen LogP contribution in [0.2, 0.25) is 0 Å². The summed E-state index contributed by atoms with van der Waals surface area (Å²) in [5.41, 5.74) is 6.88. The first kappa shape index (κ1) is 13.4. The van der Waals surface area contributed by atoms with Gasteiger partial charge in [0.2, 0.25) is 0 Å². The highest BCUT2D eigenvalue weighted by molar-refractivity contribution is 7.90. The molecular formula is C14H15NO3S. The average molecular weight is 277 g/mol. The van der Waals surface area contributed by atoms with E-state index in [-0.39, 0.29) is 10.6 Å². The summed E-state index contributed by atoms with van der Waals surface area (Å²) in [5, 5.41) is 0. The van der Waals surface area contributed by atoms with Gasteiger partial charge in [0, 0.05) is 5.69 Å². The Morgan fingerprint density at radius 1 is 1.11 bits per heavy atom. The summed E-state index contributed by atoms with van der Waals surface area (Å²) in [6, 6.07) is 13.2. The maximum atomic E-state index is 12.2. The van der Waals surface area contributed by atoms with Crippen molar-refractivity contribution in [1.82, 2.24) is 0 Å². The van der Waals surface area contributed by atoms with E-state index in [4.69, 9.17) is 10.5 Å². The predicted octanol–water partition coefficient (Wildman–Crippen LogP) is 2.25. The molecule has 0 spiro atoms. The number of hydrogen-bond acceptors (Lipinski definition) is 4. The van der Waals surface area contributed by atoms with Crippen LogP contribution in [0.25, 0.3) is 0 Å². The monoisotopic (exact) mass is 277 g/mol. The topological polar surface area (TPSA) is 69.4 Å². The van der Waals surface area contributed by atoms with E-state index in [2.05, 4.69) is 0 Å². The maximum absolute atomic E-state index is 12.2. The Bertz CT molecular complexity index is 663. The number of hydrogen-bond donors (Lipinski definition) is 1. The third-order valence-corrected chi connectivity index (χ3v) is 4.43. The molecule has 0 aliphatic heterocycles. The van der Waals surface area contributed by atoms with Gasteiger partial charge in [0.05, 0.1) is 17.8 Å². The van der Waals surface area contributed by atoms with Gasteiger partial charge < -0.3 is 10.5 Å². The molecule has 5 heteroatoms. The molecule has 0 bridgehead atoms. The highest BCUT2D eigenvalue weighted by atomic mass is 32.2. The van der Waals surface area contributed by atoms with Crippen molar-refractivity contribution in [2.75, 3.05) is 12.8 Å². The fraction of sp³-hybridized carbons (Fsp3) is 0.143. The number of rotatable bonds is 4. The fourth-order valence-corrected chi connectivity index (χ4v) is 3.10. The Balaban J connectivity index is 2.27. The van der Waals surface area contributed by atoms with Crippen molar-refractivity contribution in [3.05, 3.63) is 54.1 Å². The molecule has 2 rings (SSSR count). The highest BCUT2D eigenvalue weighted by Gasteiger charge is 2.15. The van der Waals surface area contributed by atoms with Crippen LogP contribution in [0, 0.1) is 0 Å². The number of nitrogens with two attached hydrogens (primary N) is 1. The van der Waals surface area contributed by atoms with E-state index in [9.17, 15) is 8.42 Å². The Morgan fingerprint density at radius 2 is 1.79 bits per heavy atom. The number of nitrogen functional groups attached to an aromatic ring is 1. The van der Waals surface area contributed by atoms with E-state index in [1.165, 1.54) is 7.11 Å². The van der Waals surface area contributed by atoms with E-state index < -0.39 is 9.84 Å². The van der Waals surface area contributed by atoms with E-state index >= 15 is 0 Å². The molecule has 4 nitrogen and oxygen atoms in total. The zero-order chi connectivity index (χ0) is 13.9. The van der Waals surface area contributed by atoms with Crippen LogP contribution in [0.1, 0.15) is 5.56 Å². The second-order valence-corrected chi connectivity index (χ2v) is 6.17. The third-order valence-electron chi connectivity index (χ3n) is 2.73. The third kappa shape index (κ3) is 3.26. The number of anilines is 1. The van der Waals surface area contributed by atoms with Crippen molar-refractivity contribution in [3.63, 3.8) is 0 Å². The van der Waals surface area contributed by atoms with Gasteiger partial charge in [-0.15, -0.1) is 0 Å². The predicted molar refractivity (Wildman–Crippen MR) is 74.7 cm³/mol. The molecule has 0 unspecified atom stereocenters. The first-order valence-electron chi connectivity index (χ1n) is 5.72. The summed E-state index contributed by atoms with van der Waals surface area (Å²) in [7, 11) is -1.83. The molecule has 0 aliphatic rings. The first-order valence-corrected chi connectivity index (χ1v) is 7.38. The lowest BCUT2D eigenvalue weighted by atomic mass is 10.2. The number of sulfone groups is 1. The molecule has 2 aromatic carbocycles. The first-order chi connectivity index (χ1) is 9.01. The van der Waals surface area contributed by atoms with E-state index in [0.717, 1.165) is 0 Å². The van der Waals surface area contributed by atoms with Crippen LogP contribution in [0.5, 0.6) is 5.75 Å². The van der Waals surface area contributed by atoms with Crippen molar-refractivity contribution in [3.8, 4) is 5.75 Å². The minimum absolute atomic E-state index is 0.0651. The molecule has 0 amide bonds. The maximum Gasteiger partial charge on any atom is 0.182 e. The molecule has 2 aromatic rings. The lowest BCUT2D eigenvalue weighted by Crippen LogP contribution is -2.05. The van der Waals surface area contributed by atoms with Gasteiger partial charge in [0.25, 0.3) is 0 Å². The van der Waals surface area contributed by atoms with Crippen molar-refractivity contribution in [2.24, 2.45) is 0 Å². The molecule has 0 saturated carbocycles. The van der Waals surface area contributed by atoms with E-state index in [1.807, 2.05) is 0 Å². The van der Waals surface area contributed by atoms with Crippen LogP contribution >= 0.6 is 0 Å². The van der Waals surface area contributed by atoms with Gasteiger partial charge in [-0.3, -0.25) is 0 Å². The quantitative estimate of drug-likeness (QED) is 0.870. The summed E-state index contributed by atoms with van der Waals surface area (Å²) >= 11 is 0. The van der Waals surface area contributed by atoms with Crippen molar-refractivity contribution < 1.29 is 13.2 Å². The summed E-state index contributed by atoms with van der Waals surface area (Å²) < 4.78 is 29.5. The Labute approximate surface area is 112 Å². The molecule has 0 saturated heterocycles. The van der Waals surface area contributed by atoms with E-state index in [1.54, 1.807) is 48.5 Å². The minimum Gasteiger partial charge on any atom is -0.497 e. The average Bonchev–Trinajstić information content (AvgIpc) is 2.38. The summed E-state index contributed by atoms with van der Waals surface area (Å²) in [5.74, 6) is 0.563. The van der Waals surface area contributed by atoms with Crippen LogP contribution in [0.3, 0.4) is 0 Å². The zero-order valence-corrected chi connectivity index (χ0v) is 11.4. The summed E-state index contributed by atoms with van der Waals surface area (Å²) in [6.45, 7) is 0. The number of methoxy groups -OCH3 is 1. The van der Waals surface area contributed by atoms with E-state index in [0.29, 0.717) is 17.0 Å². The van der Waals surface area contributed by atoms with Crippen molar-refractivity contribution in [2.45, 2.75) is 10.6 Å². The standard InChI is InChI=1S/C14H15NO3S/c1-18-13-5-7-14(8-6-13)19(16,17)10-11-3-2-4-12(15)9-11/h2-9H,10,15H2,1H3. The second-order valence-electron chi connectivity index (χ2n) is 4.18. The Kier molecular flexibility index (Phi) is 3.76. The van der Waals surface area contributed by atoms with Gasteiger partial charge in [0.1, 0.15) is 5.75 Å². The van der Waals surface area contributed by atoms with Crippen molar-refractivity contribution in [1.29, 1.82) is 0 Å². The van der Waals surface area contributed by atoms with Gasteiger partial charge in [0.15, 0.2) is 9.84 Å². The molecule has 0 atom stereocenters. The number of ether oxygens (including phenoxy) is 1. The molecule has 0 aliphatic carbocycles. The zero-order valence-electron chi connectivity index (χ0n) is 10.5. The Morgan fingerprint density at radius 3 is 2.37 bits per heavy atom. The van der Waals surface area contributed by atoms with Gasteiger partial charge in [-0.2, -0.15) is 0 Å². The van der Waals surface area contributed by atoms with Gasteiger partial charge in [-0.1, -0.05) is 12.1 Å². The Hall–Kier alpha value is -2.01. The van der Waals surface area contributed by atoms with Crippen LogP contribution < -0.4 is 10.5 Å². The largest absolute Gasteiger partial charge is 0.497 e. The smallest absolute Gasteiger partial charge is 0.182 e. The fourth-order valence-electron chi connectivity index (χ4n) is 1.77. The minimum atomic E-state index is -3.37. The molecule has 0 fully saturated rings. The molecule has 19 heavy (non-hydrogen) atoms. The van der Waals surface area contributed by atoms with Crippen molar-refractivity contribution >= 4 is 15.5 Å². The van der Waals surface area contributed by atoms with Crippen LogP contribution in [0.4, 0.5) is 5.69 Å². The molecule has 2 N–H and O–H groups in total. The molecular weight excluding hydrogens is 262 g/mol. The van der Waals surface area contributed by atoms with Crippen LogP contribution in [0.15, 0.2) is 53.4 Å². The molecule has 0 radical (unpaired) electrons. The normalized spacial score (nSPS) is 11.2.